The van der Waals surface area contributed by atoms with Gasteiger partial charge in [0.15, 0.2) is 0 Å². The summed E-state index contributed by atoms with van der Waals surface area (Å²) in [6, 6.07) is 0. The molecule has 90 valence electrons. The van der Waals surface area contributed by atoms with Crippen molar-refractivity contribution in [1.82, 2.24) is 0 Å². The first-order valence-electron chi connectivity index (χ1n) is 6.33. The van der Waals surface area contributed by atoms with E-state index in [9.17, 15) is 4.79 Å². The van der Waals surface area contributed by atoms with Gasteiger partial charge in [0.25, 0.3) is 0 Å². The van der Waals surface area contributed by atoms with Crippen molar-refractivity contribution in [2.45, 2.75) is 39.5 Å². The van der Waals surface area contributed by atoms with E-state index in [1.54, 1.807) is 0 Å². The van der Waals surface area contributed by atoms with Crippen LogP contribution < -0.4 is 0 Å². The van der Waals surface area contributed by atoms with E-state index < -0.39 is 18.4 Å². The van der Waals surface area contributed by atoms with Crippen LogP contribution in [-0.2, 0) is 23.2 Å². The van der Waals surface area contributed by atoms with E-state index in [1.165, 1.54) is 23.2 Å². The van der Waals surface area contributed by atoms with Gasteiger partial charge in [0, 0.05) is 0 Å². The SMILES string of the molecule is CCC1=[C]([Ta]([CH]=O)[C]2=C(CC)C=CC2)CC=C1. The summed E-state index contributed by atoms with van der Waals surface area (Å²) in [6.45, 7) is 4.39. The van der Waals surface area contributed by atoms with Crippen molar-refractivity contribution < 1.29 is 23.2 Å². The third-order valence-electron chi connectivity index (χ3n) is 3.45. The first-order valence-corrected chi connectivity index (χ1v) is 11.4. The van der Waals surface area contributed by atoms with E-state index in [1.807, 2.05) is 0 Å². The number of hydrogen-bond donors (Lipinski definition) is 0. The third kappa shape index (κ3) is 2.47. The average molecular weight is 396 g/mol. The number of rotatable bonds is 5. The molecule has 2 aliphatic carbocycles. The number of hydrogen-bond acceptors (Lipinski definition) is 1. The Morgan fingerprint density at radius 1 is 1.06 bits per heavy atom. The van der Waals surface area contributed by atoms with Crippen LogP contribution in [0.4, 0.5) is 0 Å². The topological polar surface area (TPSA) is 17.1 Å². The molecule has 0 bridgehead atoms. The first kappa shape index (κ1) is 12.8. The Bertz CT molecular complexity index is 400. The van der Waals surface area contributed by atoms with E-state index in [0.717, 1.165) is 25.7 Å². The fraction of sp³-hybridized carbons (Fsp3) is 0.400. The molecule has 2 aliphatic rings. The van der Waals surface area contributed by atoms with E-state index in [-0.39, 0.29) is 0 Å². The number of allylic oxidation sites excluding steroid dienone is 8. The van der Waals surface area contributed by atoms with Gasteiger partial charge in [-0.05, 0) is 0 Å². The minimum atomic E-state index is -2.23. The molecule has 2 heteroatoms. The van der Waals surface area contributed by atoms with Gasteiger partial charge in [0.1, 0.15) is 0 Å². The predicted molar refractivity (Wildman–Crippen MR) is 68.9 cm³/mol. The molecule has 0 aromatic carbocycles. The molecule has 0 spiro atoms. The zero-order valence-electron chi connectivity index (χ0n) is 10.6. The van der Waals surface area contributed by atoms with Crippen LogP contribution in [-0.4, -0.2) is 4.50 Å². The van der Waals surface area contributed by atoms with Gasteiger partial charge in [-0.25, -0.2) is 0 Å². The fourth-order valence-electron chi connectivity index (χ4n) is 2.52. The molecule has 0 aliphatic heterocycles. The molecule has 0 saturated carbocycles. The van der Waals surface area contributed by atoms with Gasteiger partial charge >= 0.3 is 110 Å². The van der Waals surface area contributed by atoms with Crippen LogP contribution in [0.25, 0.3) is 0 Å². The Labute approximate surface area is 110 Å². The fourth-order valence-corrected chi connectivity index (χ4v) is 10.7. The van der Waals surface area contributed by atoms with Crippen molar-refractivity contribution in [1.29, 1.82) is 0 Å². The van der Waals surface area contributed by atoms with Crippen LogP contribution in [0.3, 0.4) is 0 Å². The Kier molecular flexibility index (Phi) is 4.38. The quantitative estimate of drug-likeness (QED) is 0.641. The second kappa shape index (κ2) is 5.81. The molecule has 0 radical (unpaired) electrons. The molecule has 17 heavy (non-hydrogen) atoms. The van der Waals surface area contributed by atoms with Crippen molar-refractivity contribution in [2.24, 2.45) is 0 Å². The molecule has 0 amide bonds. The van der Waals surface area contributed by atoms with Crippen LogP contribution in [0, 0.1) is 0 Å². The summed E-state index contributed by atoms with van der Waals surface area (Å²) in [5, 5.41) is 0. The molecule has 1 nitrogen and oxygen atoms in total. The first-order chi connectivity index (χ1) is 8.31. The van der Waals surface area contributed by atoms with Crippen molar-refractivity contribution in [3.05, 3.63) is 43.0 Å². The molecular weight excluding hydrogens is 377 g/mol. The molecule has 0 heterocycles. The van der Waals surface area contributed by atoms with Crippen LogP contribution in [0.15, 0.2) is 43.0 Å². The van der Waals surface area contributed by atoms with Gasteiger partial charge in [-0.15, -0.1) is 0 Å². The molecule has 0 atom stereocenters. The van der Waals surface area contributed by atoms with Crippen LogP contribution in [0.5, 0.6) is 0 Å². The second-order valence-corrected chi connectivity index (χ2v) is 11.6. The van der Waals surface area contributed by atoms with Gasteiger partial charge < -0.3 is 0 Å². The molecular formula is C15H19OTa. The Morgan fingerprint density at radius 2 is 1.53 bits per heavy atom. The normalized spacial score (nSPS) is 19.0. The van der Waals surface area contributed by atoms with Crippen molar-refractivity contribution in [3.63, 3.8) is 0 Å². The van der Waals surface area contributed by atoms with Crippen molar-refractivity contribution >= 4 is 4.50 Å². The van der Waals surface area contributed by atoms with E-state index in [2.05, 4.69) is 38.2 Å². The molecule has 0 N–H and O–H groups in total. The predicted octanol–water partition coefficient (Wildman–Crippen LogP) is 4.04. The van der Waals surface area contributed by atoms with Gasteiger partial charge in [-0.1, -0.05) is 0 Å². The second-order valence-electron chi connectivity index (χ2n) is 4.34. The maximum atomic E-state index is 11.6. The van der Waals surface area contributed by atoms with E-state index >= 15 is 0 Å². The Morgan fingerprint density at radius 3 is 1.88 bits per heavy atom. The zero-order chi connectivity index (χ0) is 12.3. The molecule has 0 saturated heterocycles. The standard InChI is InChI=1S/2C7H9.CHO.Ta/c2*1-2-7-5-3-4-6-7;1-2;/h2*3,5H,2,4H2,1H3;1H;. The van der Waals surface area contributed by atoms with Crippen LogP contribution >= 0.6 is 0 Å². The molecule has 0 aromatic heterocycles. The summed E-state index contributed by atoms with van der Waals surface area (Å²) in [5.74, 6) is 0. The minimum absolute atomic E-state index is 1.04. The summed E-state index contributed by atoms with van der Waals surface area (Å²) >= 11 is -2.23. The van der Waals surface area contributed by atoms with E-state index in [0.29, 0.717) is 0 Å². The summed E-state index contributed by atoms with van der Waals surface area (Å²) in [7, 11) is 0. The molecule has 2 rings (SSSR count). The third-order valence-corrected chi connectivity index (χ3v) is 11.8. The van der Waals surface area contributed by atoms with Crippen molar-refractivity contribution in [3.8, 4) is 0 Å². The summed E-state index contributed by atoms with van der Waals surface area (Å²) in [5.41, 5.74) is 2.90. The Balaban J connectivity index is 2.33. The number of carbonyl (C=O) groups is 1. The zero-order valence-corrected chi connectivity index (χ0v) is 13.8. The molecule has 0 fully saturated rings. The maximum absolute atomic E-state index is 11.6. The van der Waals surface area contributed by atoms with Crippen molar-refractivity contribution in [2.75, 3.05) is 0 Å². The van der Waals surface area contributed by atoms with Gasteiger partial charge in [-0.3, -0.25) is 0 Å². The Hall–Kier alpha value is -0.630. The van der Waals surface area contributed by atoms with Gasteiger partial charge in [-0.2, -0.15) is 0 Å². The van der Waals surface area contributed by atoms with E-state index in [4.69, 9.17) is 0 Å². The monoisotopic (exact) mass is 396 g/mol. The van der Waals surface area contributed by atoms with Crippen LogP contribution in [0.1, 0.15) is 39.5 Å². The summed E-state index contributed by atoms with van der Waals surface area (Å²) in [6.07, 6.45) is 13.2. The van der Waals surface area contributed by atoms with Crippen LogP contribution in [0.2, 0.25) is 0 Å². The average Bonchev–Trinajstić information content (AvgIpc) is 2.98. The summed E-state index contributed by atoms with van der Waals surface area (Å²) in [4.78, 5) is 11.6. The van der Waals surface area contributed by atoms with Gasteiger partial charge in [0.05, 0.1) is 0 Å². The molecule has 0 aromatic rings. The summed E-state index contributed by atoms with van der Waals surface area (Å²) < 4.78 is 4.40. The number of carbonyl (C=O) groups excluding carboxylic acids is 1. The molecule has 0 unspecified atom stereocenters. The van der Waals surface area contributed by atoms with Gasteiger partial charge in [0.2, 0.25) is 0 Å².